The molecule has 1 N–H and O–H groups in total. The van der Waals surface area contributed by atoms with Gasteiger partial charge in [0, 0.05) is 4.47 Å². The minimum Gasteiger partial charge on any atom is -0.478 e. The number of carboxylic acids is 1. The molecule has 0 spiro atoms. The molecule has 1 aromatic carbocycles. The molecule has 0 heterocycles. The molecule has 0 unspecified atom stereocenters. The van der Waals surface area contributed by atoms with Crippen LogP contribution in [0.15, 0.2) is 29.3 Å². The number of benzene rings is 1. The minimum absolute atomic E-state index is 0.273. The minimum atomic E-state index is -0.939. The fourth-order valence-electron chi connectivity index (χ4n) is 1.10. The Kier molecular flexibility index (Phi) is 2.88. The summed E-state index contributed by atoms with van der Waals surface area (Å²) in [5.74, 6) is -0.939. The molecule has 13 heavy (non-hydrogen) atoms. The average molecular weight is 241 g/mol. The van der Waals surface area contributed by atoms with Gasteiger partial charge < -0.3 is 5.11 Å². The van der Waals surface area contributed by atoms with E-state index in [0.717, 1.165) is 5.57 Å². The van der Waals surface area contributed by atoms with E-state index < -0.39 is 5.97 Å². The van der Waals surface area contributed by atoms with E-state index >= 15 is 0 Å². The van der Waals surface area contributed by atoms with E-state index in [-0.39, 0.29) is 5.56 Å². The lowest BCUT2D eigenvalue weighted by atomic mass is 10.0. The van der Waals surface area contributed by atoms with Crippen LogP contribution < -0.4 is 0 Å². The van der Waals surface area contributed by atoms with Crippen LogP contribution in [0.1, 0.15) is 22.8 Å². The van der Waals surface area contributed by atoms with Gasteiger partial charge in [-0.15, -0.1) is 0 Å². The first-order valence-electron chi connectivity index (χ1n) is 3.71. The molecule has 0 aliphatic heterocycles. The Morgan fingerprint density at radius 1 is 1.54 bits per heavy atom. The van der Waals surface area contributed by atoms with Gasteiger partial charge in [-0.3, -0.25) is 0 Å². The lowest BCUT2D eigenvalue weighted by molar-refractivity contribution is 0.0695. The van der Waals surface area contributed by atoms with Crippen molar-refractivity contribution in [1.82, 2.24) is 0 Å². The molecular weight excluding hydrogens is 232 g/mol. The number of hydrogen-bond acceptors (Lipinski definition) is 1. The maximum Gasteiger partial charge on any atom is 0.337 e. The largest absolute Gasteiger partial charge is 0.478 e. The molecule has 2 nitrogen and oxygen atoms in total. The standard InChI is InChI=1S/C10H9BrO2/c1-6(2)7-4-3-5-8(11)9(7)10(12)13/h3-5H,1H2,2H3,(H,12,13). The molecule has 0 aliphatic carbocycles. The molecule has 68 valence electrons. The number of allylic oxidation sites excluding steroid dienone is 1. The molecule has 1 rings (SSSR count). The normalized spacial score (nSPS) is 9.69. The van der Waals surface area contributed by atoms with Crippen molar-refractivity contribution in [3.8, 4) is 0 Å². The number of aromatic carboxylic acids is 1. The second-order valence-electron chi connectivity index (χ2n) is 2.75. The fourth-order valence-corrected chi connectivity index (χ4v) is 1.63. The SMILES string of the molecule is C=C(C)c1cccc(Br)c1C(=O)O. The van der Waals surface area contributed by atoms with Crippen LogP contribution in [0.3, 0.4) is 0 Å². The Hall–Kier alpha value is -1.09. The third-order valence-corrected chi connectivity index (χ3v) is 2.35. The summed E-state index contributed by atoms with van der Waals surface area (Å²) >= 11 is 3.19. The van der Waals surface area contributed by atoms with Gasteiger partial charge in [0.25, 0.3) is 0 Å². The van der Waals surface area contributed by atoms with Gasteiger partial charge in [0.2, 0.25) is 0 Å². The summed E-state index contributed by atoms with van der Waals surface area (Å²) in [6, 6.07) is 5.24. The summed E-state index contributed by atoms with van der Waals surface area (Å²) in [5, 5.41) is 8.92. The molecule has 0 aliphatic rings. The molecule has 0 fully saturated rings. The van der Waals surface area contributed by atoms with Crippen molar-refractivity contribution in [2.75, 3.05) is 0 Å². The van der Waals surface area contributed by atoms with E-state index in [0.29, 0.717) is 10.0 Å². The van der Waals surface area contributed by atoms with Crippen molar-refractivity contribution >= 4 is 27.5 Å². The monoisotopic (exact) mass is 240 g/mol. The highest BCUT2D eigenvalue weighted by molar-refractivity contribution is 9.10. The highest BCUT2D eigenvalue weighted by Gasteiger charge is 2.13. The van der Waals surface area contributed by atoms with Crippen LogP contribution in [0.5, 0.6) is 0 Å². The third kappa shape index (κ3) is 1.98. The predicted molar refractivity (Wildman–Crippen MR) is 55.8 cm³/mol. The van der Waals surface area contributed by atoms with Crippen molar-refractivity contribution in [2.45, 2.75) is 6.92 Å². The highest BCUT2D eigenvalue weighted by Crippen LogP contribution is 2.24. The van der Waals surface area contributed by atoms with Crippen molar-refractivity contribution in [3.63, 3.8) is 0 Å². The van der Waals surface area contributed by atoms with Crippen LogP contribution >= 0.6 is 15.9 Å². The van der Waals surface area contributed by atoms with Gasteiger partial charge >= 0.3 is 5.97 Å². The van der Waals surface area contributed by atoms with Crippen LogP contribution in [0.4, 0.5) is 0 Å². The van der Waals surface area contributed by atoms with E-state index in [1.54, 1.807) is 25.1 Å². The summed E-state index contributed by atoms with van der Waals surface area (Å²) in [6.07, 6.45) is 0. The quantitative estimate of drug-likeness (QED) is 0.863. The molecule has 3 heteroatoms. The Bertz CT molecular complexity index is 369. The van der Waals surface area contributed by atoms with Gasteiger partial charge in [0.05, 0.1) is 5.56 Å². The van der Waals surface area contributed by atoms with Crippen molar-refractivity contribution in [2.24, 2.45) is 0 Å². The van der Waals surface area contributed by atoms with E-state index in [1.807, 2.05) is 0 Å². The summed E-state index contributed by atoms with van der Waals surface area (Å²) < 4.78 is 0.584. The fraction of sp³-hybridized carbons (Fsp3) is 0.100. The molecule has 0 aromatic heterocycles. The molecule has 0 radical (unpaired) electrons. The topological polar surface area (TPSA) is 37.3 Å². The Labute approximate surface area is 85.0 Å². The van der Waals surface area contributed by atoms with Gasteiger partial charge in [-0.1, -0.05) is 24.3 Å². The Morgan fingerprint density at radius 3 is 2.54 bits per heavy atom. The zero-order chi connectivity index (χ0) is 10.0. The third-order valence-electron chi connectivity index (χ3n) is 1.69. The van der Waals surface area contributed by atoms with Gasteiger partial charge in [0.15, 0.2) is 0 Å². The van der Waals surface area contributed by atoms with E-state index in [9.17, 15) is 4.79 Å². The summed E-state index contributed by atoms with van der Waals surface area (Å²) in [4.78, 5) is 10.9. The van der Waals surface area contributed by atoms with E-state index in [1.165, 1.54) is 0 Å². The number of hydrogen-bond donors (Lipinski definition) is 1. The smallest absolute Gasteiger partial charge is 0.337 e. The number of rotatable bonds is 2. The zero-order valence-corrected chi connectivity index (χ0v) is 8.76. The first kappa shape index (κ1) is 9.99. The van der Waals surface area contributed by atoms with Crippen molar-refractivity contribution in [1.29, 1.82) is 0 Å². The maximum atomic E-state index is 10.9. The van der Waals surface area contributed by atoms with E-state index in [2.05, 4.69) is 22.5 Å². The first-order chi connectivity index (χ1) is 6.04. The van der Waals surface area contributed by atoms with E-state index in [4.69, 9.17) is 5.11 Å². The molecule has 0 bridgehead atoms. The van der Waals surface area contributed by atoms with Gasteiger partial charge in [0.1, 0.15) is 0 Å². The second kappa shape index (κ2) is 3.75. The molecule has 0 saturated heterocycles. The van der Waals surface area contributed by atoms with Crippen LogP contribution in [-0.2, 0) is 0 Å². The van der Waals surface area contributed by atoms with Crippen LogP contribution in [0, 0.1) is 0 Å². The number of carbonyl (C=O) groups is 1. The lowest BCUT2D eigenvalue weighted by Crippen LogP contribution is -2.02. The van der Waals surface area contributed by atoms with Gasteiger partial charge in [-0.2, -0.15) is 0 Å². The summed E-state index contributed by atoms with van der Waals surface area (Å²) in [5.41, 5.74) is 1.69. The zero-order valence-electron chi connectivity index (χ0n) is 7.17. The van der Waals surface area contributed by atoms with Crippen molar-refractivity contribution < 1.29 is 9.90 Å². The van der Waals surface area contributed by atoms with Crippen LogP contribution in [0.25, 0.3) is 5.57 Å². The Balaban J connectivity index is 3.43. The molecule has 0 atom stereocenters. The maximum absolute atomic E-state index is 10.9. The number of halogens is 1. The van der Waals surface area contributed by atoms with Crippen LogP contribution in [-0.4, -0.2) is 11.1 Å². The van der Waals surface area contributed by atoms with Gasteiger partial charge in [-0.05, 0) is 34.5 Å². The molecule has 0 amide bonds. The van der Waals surface area contributed by atoms with Gasteiger partial charge in [-0.25, -0.2) is 4.79 Å². The Morgan fingerprint density at radius 2 is 2.15 bits per heavy atom. The molecule has 1 aromatic rings. The average Bonchev–Trinajstić information content (AvgIpc) is 2.02. The summed E-state index contributed by atoms with van der Waals surface area (Å²) in [7, 11) is 0. The molecular formula is C10H9BrO2. The first-order valence-corrected chi connectivity index (χ1v) is 4.51. The molecule has 0 saturated carbocycles. The second-order valence-corrected chi connectivity index (χ2v) is 3.60. The predicted octanol–water partition coefficient (Wildman–Crippen LogP) is 3.18. The van der Waals surface area contributed by atoms with Crippen LogP contribution in [0.2, 0.25) is 0 Å². The summed E-state index contributed by atoms with van der Waals surface area (Å²) in [6.45, 7) is 5.51. The number of carboxylic acid groups (broad SMARTS) is 1. The highest BCUT2D eigenvalue weighted by atomic mass is 79.9. The lowest BCUT2D eigenvalue weighted by Gasteiger charge is -2.06. The van der Waals surface area contributed by atoms with Crippen molar-refractivity contribution in [3.05, 3.63) is 40.4 Å².